The van der Waals surface area contributed by atoms with Gasteiger partial charge in [0.1, 0.15) is 5.82 Å². The van der Waals surface area contributed by atoms with E-state index in [-0.39, 0.29) is 26.8 Å². The van der Waals surface area contributed by atoms with Gasteiger partial charge in [-0.15, -0.1) is 11.3 Å². The molecule has 0 aliphatic carbocycles. The number of para-hydroxylation sites is 1. The SMILES string of the molecule is CN1CCc2cc(C(=O)Nc3c(F)cccc3Cl)sc2-c2c1cc(F)c(F)c2F. The molecular weight excluding hydrogens is 428 g/mol. The molecule has 150 valence electrons. The summed E-state index contributed by atoms with van der Waals surface area (Å²) in [6.07, 6.45) is 0.438. The number of amides is 1. The number of fused-ring (bicyclic) bond motifs is 3. The predicted molar refractivity (Wildman–Crippen MR) is 106 cm³/mol. The summed E-state index contributed by atoms with van der Waals surface area (Å²) in [6, 6.07) is 6.49. The molecule has 4 rings (SSSR count). The number of thiophene rings is 1. The van der Waals surface area contributed by atoms with Crippen LogP contribution in [0.25, 0.3) is 10.4 Å². The van der Waals surface area contributed by atoms with E-state index in [1.807, 2.05) is 0 Å². The van der Waals surface area contributed by atoms with E-state index in [9.17, 15) is 22.4 Å². The van der Waals surface area contributed by atoms with Crippen LogP contribution in [0.1, 0.15) is 15.2 Å². The Labute approximate surface area is 172 Å². The van der Waals surface area contributed by atoms with E-state index in [4.69, 9.17) is 11.6 Å². The zero-order chi connectivity index (χ0) is 20.9. The van der Waals surface area contributed by atoms with Gasteiger partial charge >= 0.3 is 0 Å². The van der Waals surface area contributed by atoms with Crippen LogP contribution in [0.15, 0.2) is 30.3 Å². The molecule has 0 bridgehead atoms. The smallest absolute Gasteiger partial charge is 0.265 e. The average molecular weight is 441 g/mol. The summed E-state index contributed by atoms with van der Waals surface area (Å²) in [6.45, 7) is 0.418. The van der Waals surface area contributed by atoms with Gasteiger partial charge in [0, 0.05) is 24.5 Å². The molecule has 0 unspecified atom stereocenters. The molecule has 1 N–H and O–H groups in total. The number of hydrogen-bond acceptors (Lipinski definition) is 3. The van der Waals surface area contributed by atoms with Gasteiger partial charge in [0.15, 0.2) is 17.5 Å². The van der Waals surface area contributed by atoms with Gasteiger partial charge in [0.25, 0.3) is 5.91 Å². The van der Waals surface area contributed by atoms with Crippen LogP contribution in [0, 0.1) is 23.3 Å². The Morgan fingerprint density at radius 2 is 1.90 bits per heavy atom. The van der Waals surface area contributed by atoms with Crippen LogP contribution < -0.4 is 10.2 Å². The molecule has 2 aromatic carbocycles. The van der Waals surface area contributed by atoms with E-state index in [0.29, 0.717) is 23.4 Å². The highest BCUT2D eigenvalue weighted by Crippen LogP contribution is 2.44. The van der Waals surface area contributed by atoms with Crippen molar-refractivity contribution in [3.8, 4) is 10.4 Å². The zero-order valence-corrected chi connectivity index (χ0v) is 16.5. The number of carbonyl (C=O) groups is 1. The highest BCUT2D eigenvalue weighted by atomic mass is 35.5. The van der Waals surface area contributed by atoms with Crippen molar-refractivity contribution in [2.75, 3.05) is 23.8 Å². The number of benzene rings is 2. The van der Waals surface area contributed by atoms with E-state index in [2.05, 4.69) is 5.32 Å². The summed E-state index contributed by atoms with van der Waals surface area (Å²) >= 11 is 6.86. The number of nitrogens with one attached hydrogen (secondary N) is 1. The van der Waals surface area contributed by atoms with Crippen molar-refractivity contribution in [3.63, 3.8) is 0 Å². The highest BCUT2D eigenvalue weighted by Gasteiger charge is 2.29. The van der Waals surface area contributed by atoms with E-state index in [1.54, 1.807) is 18.0 Å². The molecule has 3 aromatic rings. The maximum atomic E-state index is 14.6. The fraction of sp³-hybridized carbons (Fsp3) is 0.150. The third kappa shape index (κ3) is 3.36. The lowest BCUT2D eigenvalue weighted by Crippen LogP contribution is -2.20. The standard InChI is InChI=1S/C20H13ClF4N2OS/c1-27-6-5-9-7-14(20(28)26-18-10(21)3-2-4-11(18)22)29-19(9)15-13(27)8-12(23)16(24)17(15)25/h2-4,7-8H,5-6H2,1H3,(H,26,28). The Morgan fingerprint density at radius 3 is 2.62 bits per heavy atom. The second-order valence-corrected chi connectivity index (χ2v) is 8.03. The van der Waals surface area contributed by atoms with Crippen LogP contribution in [0.5, 0.6) is 0 Å². The number of halogens is 5. The first-order valence-electron chi connectivity index (χ1n) is 8.55. The Balaban J connectivity index is 1.78. The van der Waals surface area contributed by atoms with Gasteiger partial charge in [-0.2, -0.15) is 0 Å². The summed E-state index contributed by atoms with van der Waals surface area (Å²) in [5.41, 5.74) is 0.565. The van der Waals surface area contributed by atoms with E-state index in [1.165, 1.54) is 12.1 Å². The monoisotopic (exact) mass is 440 g/mol. The van der Waals surface area contributed by atoms with Gasteiger partial charge in [-0.05, 0) is 30.2 Å². The molecule has 0 radical (unpaired) electrons. The minimum Gasteiger partial charge on any atom is -0.374 e. The number of rotatable bonds is 2. The second-order valence-electron chi connectivity index (χ2n) is 6.57. The van der Waals surface area contributed by atoms with Gasteiger partial charge in [-0.3, -0.25) is 4.79 Å². The number of nitrogens with zero attached hydrogens (tertiary/aromatic N) is 1. The van der Waals surface area contributed by atoms with Gasteiger partial charge in [-0.1, -0.05) is 17.7 Å². The average Bonchev–Trinajstić information content (AvgIpc) is 3.05. The van der Waals surface area contributed by atoms with E-state index in [0.717, 1.165) is 23.5 Å². The minimum absolute atomic E-state index is 0.0343. The molecule has 0 fully saturated rings. The fourth-order valence-electron chi connectivity index (χ4n) is 3.24. The largest absolute Gasteiger partial charge is 0.374 e. The molecule has 0 atom stereocenters. The maximum absolute atomic E-state index is 14.6. The molecular formula is C20H13ClF4N2OS. The van der Waals surface area contributed by atoms with E-state index >= 15 is 0 Å². The Kier molecular flexibility index (Phi) is 5.00. The molecule has 29 heavy (non-hydrogen) atoms. The molecule has 9 heteroatoms. The number of likely N-dealkylation sites (N-methyl/N-ethyl adjacent to an activating group) is 1. The third-order valence-electron chi connectivity index (χ3n) is 4.73. The van der Waals surface area contributed by atoms with Crippen LogP contribution >= 0.6 is 22.9 Å². The zero-order valence-electron chi connectivity index (χ0n) is 15.0. The summed E-state index contributed by atoms with van der Waals surface area (Å²) in [5, 5.41) is 2.45. The first-order valence-corrected chi connectivity index (χ1v) is 9.74. The van der Waals surface area contributed by atoms with E-state index < -0.39 is 29.2 Å². The van der Waals surface area contributed by atoms with Gasteiger partial charge in [0.2, 0.25) is 0 Å². The Hall–Kier alpha value is -2.58. The summed E-state index contributed by atoms with van der Waals surface area (Å²) < 4.78 is 56.3. The van der Waals surface area contributed by atoms with Crippen molar-refractivity contribution >= 4 is 40.2 Å². The molecule has 0 spiro atoms. The topological polar surface area (TPSA) is 32.3 Å². The lowest BCUT2D eigenvalue weighted by molar-refractivity contribution is 0.103. The minimum atomic E-state index is -1.57. The van der Waals surface area contributed by atoms with Crippen LogP contribution in [-0.2, 0) is 6.42 Å². The second kappa shape index (κ2) is 7.35. The van der Waals surface area contributed by atoms with Crippen LogP contribution in [-0.4, -0.2) is 19.5 Å². The molecule has 0 saturated carbocycles. The lowest BCUT2D eigenvalue weighted by atomic mass is 10.1. The van der Waals surface area contributed by atoms with Crippen LogP contribution in [0.4, 0.5) is 28.9 Å². The Bertz CT molecular complexity index is 1130. The molecule has 2 heterocycles. The van der Waals surface area contributed by atoms with Crippen molar-refractivity contribution in [1.82, 2.24) is 0 Å². The first-order chi connectivity index (χ1) is 13.8. The van der Waals surface area contributed by atoms with Crippen molar-refractivity contribution in [2.45, 2.75) is 6.42 Å². The van der Waals surface area contributed by atoms with Crippen LogP contribution in [0.3, 0.4) is 0 Å². The molecule has 1 aromatic heterocycles. The molecule has 1 aliphatic rings. The van der Waals surface area contributed by atoms with Crippen molar-refractivity contribution in [2.24, 2.45) is 0 Å². The molecule has 3 nitrogen and oxygen atoms in total. The number of carbonyl (C=O) groups excluding carboxylic acids is 1. The third-order valence-corrected chi connectivity index (χ3v) is 6.24. The molecule has 1 aliphatic heterocycles. The quantitative estimate of drug-likeness (QED) is 0.399. The molecule has 1 amide bonds. The first kappa shape index (κ1) is 19.7. The summed E-state index contributed by atoms with van der Waals surface area (Å²) in [4.78, 5) is 14.8. The number of anilines is 2. The summed E-state index contributed by atoms with van der Waals surface area (Å²) in [7, 11) is 1.65. The van der Waals surface area contributed by atoms with Crippen molar-refractivity contribution < 1.29 is 22.4 Å². The van der Waals surface area contributed by atoms with Gasteiger partial charge in [0.05, 0.1) is 26.8 Å². The lowest BCUT2D eigenvalue weighted by Gasteiger charge is -2.20. The van der Waals surface area contributed by atoms with Gasteiger partial charge < -0.3 is 10.2 Å². The van der Waals surface area contributed by atoms with Crippen LogP contribution in [0.2, 0.25) is 5.02 Å². The Morgan fingerprint density at radius 1 is 1.14 bits per heavy atom. The van der Waals surface area contributed by atoms with Crippen molar-refractivity contribution in [1.29, 1.82) is 0 Å². The van der Waals surface area contributed by atoms with Crippen molar-refractivity contribution in [3.05, 3.63) is 69.1 Å². The molecule has 0 saturated heterocycles. The summed E-state index contributed by atoms with van der Waals surface area (Å²) in [5.74, 6) is -5.48. The van der Waals surface area contributed by atoms with Gasteiger partial charge in [-0.25, -0.2) is 17.6 Å². The fourth-order valence-corrected chi connectivity index (χ4v) is 4.60. The highest BCUT2D eigenvalue weighted by molar-refractivity contribution is 7.17. The predicted octanol–water partition coefficient (Wildman–Crippen LogP) is 5.87. The maximum Gasteiger partial charge on any atom is 0.265 e. The number of hydrogen-bond donors (Lipinski definition) is 1. The normalized spacial score (nSPS) is 13.0.